The summed E-state index contributed by atoms with van der Waals surface area (Å²) in [5.74, 6) is 0.830. The molecule has 0 amide bonds. The first-order chi connectivity index (χ1) is 13.5. The number of rotatable bonds is 7. The summed E-state index contributed by atoms with van der Waals surface area (Å²) in [7, 11) is 4.61. The number of aromatic carboxylic acids is 1. The largest absolute Gasteiger partial charge is 0.493 e. The van der Waals surface area contributed by atoms with E-state index in [0.29, 0.717) is 35.0 Å². The van der Waals surface area contributed by atoms with E-state index < -0.39 is 5.97 Å². The lowest BCUT2D eigenvalue weighted by molar-refractivity contribution is 0.0662. The highest BCUT2D eigenvalue weighted by atomic mass is 16.5. The van der Waals surface area contributed by atoms with Crippen LogP contribution in [0, 0.1) is 6.92 Å². The van der Waals surface area contributed by atoms with Crippen LogP contribution in [0.2, 0.25) is 0 Å². The minimum atomic E-state index is -1.11. The Morgan fingerprint density at radius 1 is 0.964 bits per heavy atom. The molecule has 0 aliphatic heterocycles. The minimum Gasteiger partial charge on any atom is -0.493 e. The van der Waals surface area contributed by atoms with Crippen LogP contribution in [0.5, 0.6) is 17.2 Å². The van der Waals surface area contributed by atoms with Gasteiger partial charge in [-0.1, -0.05) is 29.8 Å². The third-order valence-corrected chi connectivity index (χ3v) is 4.46. The maximum Gasteiger partial charge on any atom is 0.372 e. The standard InChI is InChI=1S/C22H22O6/c1-13-5-7-15(8-6-13)17-12-16(20(28-17)22(23)24)9-14-10-18(25-2)21(27-4)19(11-14)26-3/h5-8,10-12H,9H2,1-4H3,(H,23,24). The van der Waals surface area contributed by atoms with Crippen molar-refractivity contribution in [2.24, 2.45) is 0 Å². The molecule has 0 unspecified atom stereocenters. The molecule has 6 heteroatoms. The second kappa shape index (κ2) is 8.08. The Hall–Kier alpha value is -3.41. The fourth-order valence-corrected chi connectivity index (χ4v) is 3.06. The molecule has 3 rings (SSSR count). The average molecular weight is 382 g/mol. The van der Waals surface area contributed by atoms with E-state index in [4.69, 9.17) is 18.6 Å². The highest BCUT2D eigenvalue weighted by Crippen LogP contribution is 2.39. The molecule has 146 valence electrons. The molecule has 0 bridgehead atoms. The maximum absolute atomic E-state index is 11.7. The van der Waals surface area contributed by atoms with Crippen molar-refractivity contribution in [3.63, 3.8) is 0 Å². The molecule has 1 N–H and O–H groups in total. The normalized spacial score (nSPS) is 10.6. The van der Waals surface area contributed by atoms with Gasteiger partial charge in [0.1, 0.15) is 5.76 Å². The molecule has 2 aromatic carbocycles. The molecule has 1 heterocycles. The second-order valence-electron chi connectivity index (χ2n) is 6.35. The van der Waals surface area contributed by atoms with E-state index in [9.17, 15) is 9.90 Å². The molecule has 0 aliphatic carbocycles. The van der Waals surface area contributed by atoms with E-state index >= 15 is 0 Å². The lowest BCUT2D eigenvalue weighted by Gasteiger charge is -2.14. The molecule has 0 atom stereocenters. The Kier molecular flexibility index (Phi) is 5.59. The summed E-state index contributed by atoms with van der Waals surface area (Å²) in [6.45, 7) is 1.99. The summed E-state index contributed by atoms with van der Waals surface area (Å²) in [5, 5.41) is 9.57. The Morgan fingerprint density at radius 3 is 2.07 bits per heavy atom. The van der Waals surface area contributed by atoms with Gasteiger partial charge in [0.15, 0.2) is 11.5 Å². The highest BCUT2D eigenvalue weighted by Gasteiger charge is 2.20. The summed E-state index contributed by atoms with van der Waals surface area (Å²) >= 11 is 0. The Bertz CT molecular complexity index is 960. The van der Waals surface area contributed by atoms with E-state index in [2.05, 4.69) is 0 Å². The highest BCUT2D eigenvalue weighted by molar-refractivity contribution is 5.87. The quantitative estimate of drug-likeness (QED) is 0.645. The van der Waals surface area contributed by atoms with Gasteiger partial charge in [-0.2, -0.15) is 0 Å². The van der Waals surface area contributed by atoms with Crippen molar-refractivity contribution >= 4 is 5.97 Å². The predicted octanol–water partition coefficient (Wildman–Crippen LogP) is 4.57. The summed E-state index contributed by atoms with van der Waals surface area (Å²) in [6, 6.07) is 13.1. The summed E-state index contributed by atoms with van der Waals surface area (Å²) in [6.07, 6.45) is 0.341. The topological polar surface area (TPSA) is 78.1 Å². The van der Waals surface area contributed by atoms with Crippen LogP contribution in [0.25, 0.3) is 11.3 Å². The molecular formula is C22H22O6. The first-order valence-electron chi connectivity index (χ1n) is 8.68. The second-order valence-corrected chi connectivity index (χ2v) is 6.35. The number of carboxylic acids is 1. The Morgan fingerprint density at radius 2 is 1.57 bits per heavy atom. The lowest BCUT2D eigenvalue weighted by atomic mass is 10.0. The molecule has 0 aliphatic rings. The zero-order valence-electron chi connectivity index (χ0n) is 16.2. The molecule has 0 spiro atoms. The van der Waals surface area contributed by atoms with Crippen molar-refractivity contribution in [2.75, 3.05) is 21.3 Å². The number of aryl methyl sites for hydroxylation is 1. The van der Waals surface area contributed by atoms with E-state index in [1.54, 1.807) is 18.2 Å². The van der Waals surface area contributed by atoms with Crippen LogP contribution in [0.3, 0.4) is 0 Å². The molecule has 6 nitrogen and oxygen atoms in total. The molecular weight excluding hydrogens is 360 g/mol. The molecule has 0 saturated carbocycles. The Labute approximate surface area is 163 Å². The molecule has 28 heavy (non-hydrogen) atoms. The van der Waals surface area contributed by atoms with Gasteiger partial charge in [-0.05, 0) is 30.7 Å². The van der Waals surface area contributed by atoms with Crippen LogP contribution in [-0.2, 0) is 6.42 Å². The summed E-state index contributed by atoms with van der Waals surface area (Å²) < 4.78 is 21.7. The fraction of sp³-hybridized carbons (Fsp3) is 0.227. The van der Waals surface area contributed by atoms with Gasteiger partial charge in [-0.25, -0.2) is 4.79 Å². The van der Waals surface area contributed by atoms with Crippen molar-refractivity contribution in [3.05, 3.63) is 64.9 Å². The van der Waals surface area contributed by atoms with E-state index in [1.807, 2.05) is 31.2 Å². The van der Waals surface area contributed by atoms with Crippen molar-refractivity contribution in [3.8, 4) is 28.6 Å². The zero-order chi connectivity index (χ0) is 20.3. The van der Waals surface area contributed by atoms with Crippen molar-refractivity contribution in [2.45, 2.75) is 13.3 Å². The van der Waals surface area contributed by atoms with Crippen molar-refractivity contribution in [1.82, 2.24) is 0 Å². The molecule has 0 saturated heterocycles. The SMILES string of the molecule is COc1cc(Cc2cc(-c3ccc(C)cc3)oc2C(=O)O)cc(OC)c1OC. The molecule has 0 fully saturated rings. The maximum atomic E-state index is 11.7. The number of benzene rings is 2. The van der Waals surface area contributed by atoms with Crippen molar-refractivity contribution in [1.29, 1.82) is 0 Å². The monoisotopic (exact) mass is 382 g/mol. The first kappa shape index (κ1) is 19.4. The number of ether oxygens (including phenoxy) is 3. The number of hydrogen-bond acceptors (Lipinski definition) is 5. The van der Waals surface area contributed by atoms with Gasteiger partial charge in [0, 0.05) is 17.5 Å². The van der Waals surface area contributed by atoms with Crippen LogP contribution in [0.15, 0.2) is 46.9 Å². The molecule has 3 aromatic rings. The van der Waals surface area contributed by atoms with Crippen LogP contribution >= 0.6 is 0 Å². The predicted molar refractivity (Wildman–Crippen MR) is 105 cm³/mol. The first-order valence-corrected chi connectivity index (χ1v) is 8.68. The average Bonchev–Trinajstić information content (AvgIpc) is 3.11. The number of carbonyl (C=O) groups is 1. The van der Waals surface area contributed by atoms with Gasteiger partial charge >= 0.3 is 5.97 Å². The fourth-order valence-electron chi connectivity index (χ4n) is 3.06. The zero-order valence-corrected chi connectivity index (χ0v) is 16.2. The lowest BCUT2D eigenvalue weighted by Crippen LogP contribution is -2.01. The minimum absolute atomic E-state index is 0.0793. The third-order valence-electron chi connectivity index (χ3n) is 4.46. The smallest absolute Gasteiger partial charge is 0.372 e. The summed E-state index contributed by atoms with van der Waals surface area (Å²) in [4.78, 5) is 11.7. The van der Waals surface area contributed by atoms with E-state index in [1.165, 1.54) is 21.3 Å². The van der Waals surface area contributed by atoms with Gasteiger partial charge in [0.05, 0.1) is 21.3 Å². The van der Waals surface area contributed by atoms with Crippen LogP contribution in [0.4, 0.5) is 0 Å². The van der Waals surface area contributed by atoms with Crippen LogP contribution < -0.4 is 14.2 Å². The van der Waals surface area contributed by atoms with Gasteiger partial charge in [-0.3, -0.25) is 0 Å². The molecule has 0 radical (unpaired) electrons. The number of hydrogen-bond donors (Lipinski definition) is 1. The van der Waals surface area contributed by atoms with E-state index in [0.717, 1.165) is 16.7 Å². The van der Waals surface area contributed by atoms with E-state index in [-0.39, 0.29) is 5.76 Å². The van der Waals surface area contributed by atoms with Gasteiger partial charge < -0.3 is 23.7 Å². The Balaban J connectivity index is 2.02. The van der Waals surface area contributed by atoms with Crippen LogP contribution in [-0.4, -0.2) is 32.4 Å². The number of carboxylic acid groups (broad SMARTS) is 1. The van der Waals surface area contributed by atoms with Gasteiger partial charge in [-0.15, -0.1) is 0 Å². The van der Waals surface area contributed by atoms with Gasteiger partial charge in [0.25, 0.3) is 0 Å². The number of methoxy groups -OCH3 is 3. The third kappa shape index (κ3) is 3.81. The molecule has 1 aromatic heterocycles. The van der Waals surface area contributed by atoms with Crippen molar-refractivity contribution < 1.29 is 28.5 Å². The number of furan rings is 1. The van der Waals surface area contributed by atoms with Crippen LogP contribution in [0.1, 0.15) is 27.2 Å². The van der Waals surface area contributed by atoms with Gasteiger partial charge in [0.2, 0.25) is 11.5 Å². The summed E-state index contributed by atoms with van der Waals surface area (Å²) in [5.41, 5.74) is 3.32.